The number of amides is 3. The normalized spacial score (nSPS) is 27.0. The minimum atomic E-state index is -2.12. The van der Waals surface area contributed by atoms with Gasteiger partial charge < -0.3 is 31.3 Å². The summed E-state index contributed by atoms with van der Waals surface area (Å²) in [5, 5.41) is 40.5. The highest BCUT2D eigenvalue weighted by Gasteiger charge is 2.53. The highest BCUT2D eigenvalue weighted by atomic mass is 19.1. The molecule has 6 N–H and O–H groups in total. The molecule has 3 heterocycles. The maximum atomic E-state index is 13.8. The Hall–Kier alpha value is -7.75. The van der Waals surface area contributed by atoms with Gasteiger partial charge in [0.2, 0.25) is 0 Å². The number of halogens is 3. The summed E-state index contributed by atoms with van der Waals surface area (Å²) in [5.41, 5.74) is 4.25. The van der Waals surface area contributed by atoms with E-state index in [0.717, 1.165) is 74.6 Å². The molecule has 4 fully saturated rings. The Balaban J connectivity index is 0.000000135. The van der Waals surface area contributed by atoms with Crippen LogP contribution in [0.15, 0.2) is 120 Å². The van der Waals surface area contributed by atoms with Crippen LogP contribution in [0, 0.1) is 40.6 Å². The van der Waals surface area contributed by atoms with Gasteiger partial charge in [-0.25, -0.2) is 13.2 Å². The van der Waals surface area contributed by atoms with Crippen LogP contribution in [-0.2, 0) is 46.6 Å². The Kier molecular flexibility index (Phi) is 15.3. The molecule has 15 heteroatoms. The topological polar surface area (TPSA) is 199 Å². The monoisotopic (exact) mass is 1170 g/mol. The number of phenols is 1. The summed E-state index contributed by atoms with van der Waals surface area (Å²) in [6.45, 7) is 15.2. The van der Waals surface area contributed by atoms with Crippen LogP contribution in [0.2, 0.25) is 0 Å². The van der Waals surface area contributed by atoms with E-state index in [9.17, 15) is 57.3 Å². The molecular weight excluding hydrogens is 1100 g/mol. The Morgan fingerprint density at radius 3 is 1.59 bits per heavy atom. The number of rotatable bonds is 10. The van der Waals surface area contributed by atoms with Crippen molar-refractivity contribution in [1.82, 2.24) is 0 Å². The molecule has 0 saturated heterocycles. The summed E-state index contributed by atoms with van der Waals surface area (Å²) in [7, 11) is 0. The van der Waals surface area contributed by atoms with Crippen molar-refractivity contribution in [2.75, 3.05) is 16.0 Å². The quantitative estimate of drug-likeness (QED) is 0.0582. The first-order valence-corrected chi connectivity index (χ1v) is 30.0. The van der Waals surface area contributed by atoms with E-state index in [1.54, 1.807) is 24.3 Å². The van der Waals surface area contributed by atoms with E-state index >= 15 is 0 Å². The molecule has 3 aliphatic heterocycles. The number of hydrogen-bond donors (Lipinski definition) is 6. The van der Waals surface area contributed by atoms with Gasteiger partial charge >= 0.3 is 0 Å². The highest BCUT2D eigenvalue weighted by Crippen LogP contribution is 2.62. The average molecular weight is 1170 g/mol. The summed E-state index contributed by atoms with van der Waals surface area (Å²) in [6.07, 6.45) is 16.1. The van der Waals surface area contributed by atoms with Gasteiger partial charge in [-0.3, -0.25) is 28.8 Å². The van der Waals surface area contributed by atoms with Crippen LogP contribution < -0.4 is 16.0 Å². The molecule has 6 aliphatic carbocycles. The van der Waals surface area contributed by atoms with Gasteiger partial charge in [0.15, 0.2) is 28.6 Å². The minimum Gasteiger partial charge on any atom is -0.508 e. The van der Waals surface area contributed by atoms with Crippen LogP contribution in [0.4, 0.5) is 30.2 Å². The van der Waals surface area contributed by atoms with Crippen molar-refractivity contribution in [3.8, 4) is 5.75 Å². The number of carbonyl (C=O) groups excluding carboxylic acids is 6. The summed E-state index contributed by atoms with van der Waals surface area (Å²) >= 11 is 0. The number of nitrogens with one attached hydrogen (secondary N) is 3. The van der Waals surface area contributed by atoms with Gasteiger partial charge in [-0.1, -0.05) is 65.3 Å². The number of allylic oxidation sites excluding steroid dienone is 5. The molecule has 5 aromatic rings. The number of ketones is 3. The average Bonchev–Trinajstić information content (AvgIpc) is 1.19. The van der Waals surface area contributed by atoms with Crippen molar-refractivity contribution >= 4 is 57.7 Å². The van der Waals surface area contributed by atoms with E-state index in [1.807, 2.05) is 18.2 Å². The molecule has 9 aliphatic rings. The molecule has 0 radical (unpaired) electrons. The highest BCUT2D eigenvalue weighted by molar-refractivity contribution is 6.34. The predicted octanol–water partition coefficient (Wildman–Crippen LogP) is 13.8. The Morgan fingerprint density at radius 1 is 0.570 bits per heavy atom. The molecule has 0 aromatic heterocycles. The third kappa shape index (κ3) is 11.1. The van der Waals surface area contributed by atoms with E-state index in [4.69, 9.17) is 0 Å². The summed E-state index contributed by atoms with van der Waals surface area (Å²) < 4.78 is 40.9. The van der Waals surface area contributed by atoms with E-state index in [2.05, 4.69) is 64.4 Å². The largest absolute Gasteiger partial charge is 0.508 e. The molecule has 0 spiro atoms. The molecule has 12 nitrogen and oxygen atoms in total. The maximum absolute atomic E-state index is 13.8. The lowest BCUT2D eigenvalue weighted by atomic mass is 9.48. The third-order valence-electron chi connectivity index (χ3n) is 20.0. The minimum absolute atomic E-state index is 0.0342. The van der Waals surface area contributed by atoms with Crippen molar-refractivity contribution in [2.45, 2.75) is 159 Å². The summed E-state index contributed by atoms with van der Waals surface area (Å²) in [6, 6.07) is 22.0. The number of benzene rings is 5. The van der Waals surface area contributed by atoms with Crippen molar-refractivity contribution in [2.24, 2.45) is 23.2 Å². The molecule has 2 atom stereocenters. The van der Waals surface area contributed by atoms with Crippen molar-refractivity contribution < 1.29 is 57.3 Å². The second kappa shape index (κ2) is 21.9. The molecular formula is C71H74F3N3O9. The molecule has 86 heavy (non-hydrogen) atoms. The van der Waals surface area contributed by atoms with Gasteiger partial charge in [-0.2, -0.15) is 0 Å². The van der Waals surface area contributed by atoms with Gasteiger partial charge in [0.05, 0.1) is 18.4 Å². The van der Waals surface area contributed by atoms with E-state index < -0.39 is 59.1 Å². The zero-order valence-electron chi connectivity index (χ0n) is 49.7. The van der Waals surface area contributed by atoms with Crippen molar-refractivity contribution in [3.05, 3.63) is 182 Å². The number of aliphatic hydroxyl groups is 2. The van der Waals surface area contributed by atoms with Gasteiger partial charge in [0.25, 0.3) is 17.7 Å². The van der Waals surface area contributed by atoms with Gasteiger partial charge in [0.1, 0.15) is 23.2 Å². The summed E-state index contributed by atoms with van der Waals surface area (Å²) in [5.74, 6) is -2.15. The Bertz CT molecular complexity index is 3780. The first kappa shape index (κ1) is 60.0. The lowest BCUT2D eigenvalue weighted by Crippen LogP contribution is -2.48. The zero-order chi connectivity index (χ0) is 61.6. The van der Waals surface area contributed by atoms with Crippen molar-refractivity contribution in [3.63, 3.8) is 0 Å². The van der Waals surface area contributed by atoms with Crippen LogP contribution in [-0.4, -0.2) is 50.4 Å². The van der Waals surface area contributed by atoms with Gasteiger partial charge in [-0.15, -0.1) is 0 Å². The Morgan fingerprint density at radius 2 is 1.06 bits per heavy atom. The van der Waals surface area contributed by atoms with Crippen LogP contribution in [0.5, 0.6) is 5.75 Å². The number of anilines is 3. The van der Waals surface area contributed by atoms with Gasteiger partial charge in [0, 0.05) is 50.4 Å². The number of Topliss-reactive ketones (excluding diaryl/α,β-unsaturated/α-hetero) is 2. The summed E-state index contributed by atoms with van der Waals surface area (Å²) in [4.78, 5) is 75.6. The lowest BCUT2D eigenvalue weighted by Gasteiger charge is -2.57. The number of hydrogen-bond acceptors (Lipinski definition) is 9. The molecule has 4 saturated carbocycles. The molecule has 14 rings (SSSR count). The lowest BCUT2D eigenvalue weighted by molar-refractivity contribution is -0.133. The van der Waals surface area contributed by atoms with Gasteiger partial charge in [-0.05, 0) is 225 Å². The fourth-order valence-corrected chi connectivity index (χ4v) is 15.7. The number of fused-ring (bicyclic) bond motifs is 4. The Labute approximate surface area is 499 Å². The predicted molar refractivity (Wildman–Crippen MR) is 323 cm³/mol. The fourth-order valence-electron chi connectivity index (χ4n) is 15.7. The second-order valence-corrected chi connectivity index (χ2v) is 27.5. The number of aromatic hydroxyl groups is 1. The molecule has 448 valence electrons. The smallest absolute Gasteiger partial charge is 0.261 e. The number of carbonyl (C=O) groups is 6. The van der Waals surface area contributed by atoms with Crippen LogP contribution in [0.25, 0.3) is 5.57 Å². The van der Waals surface area contributed by atoms with Crippen LogP contribution >= 0.6 is 0 Å². The first-order valence-electron chi connectivity index (χ1n) is 30.0. The van der Waals surface area contributed by atoms with E-state index in [-0.39, 0.29) is 61.6 Å². The molecule has 2 unspecified atom stereocenters. The maximum Gasteiger partial charge on any atom is 0.261 e. The SMILES string of the molecule is CC1(C)CCC(C)(C)c2cc(C(=O)CC3(O)C(=O)Nc4ccc(F)cc43)ccc21.CC1=C(/C=C/C(=O)/C=C2/C(=O)Nc3ccc(F)cc32)C(C)(C)CCC1.O=C(CC1(O)C(=O)Nc2ccc(F)cc21)c1ccc(O)c(C23CC4CC(CC(C4)C2)C3)c1. The molecule has 4 bridgehead atoms. The second-order valence-electron chi connectivity index (χ2n) is 27.5. The first-order chi connectivity index (χ1) is 40.5. The van der Waals surface area contributed by atoms with Crippen LogP contribution in [0.1, 0.15) is 186 Å². The van der Waals surface area contributed by atoms with Crippen molar-refractivity contribution in [1.29, 1.82) is 0 Å². The molecule has 3 amide bonds. The standard InChI is InChI=1S/C26H26FNO4.C24H26FNO3.C21H22FNO2/c27-18-2-3-21-19(9-18)26(32,24(31)28-21)13-23(30)17-1-4-22(29)20(8-17)25-10-14-5-15(11-25)7-16(6-14)12-25;1-22(2)9-10-23(3,4)17-11-14(5-7-16(17)22)20(27)13-24(29)18-12-15(25)6-8-19(18)26-21(24)28;1-13-5-4-10-21(2,3)18(13)8-7-15(24)12-17-16-11-14(22)6-9-19(16)23-20(17)25/h1-4,8-9,14-16,29,32H,5-7,10-13H2,(H,28,31);5-8,11-12,29H,9-10,13H2,1-4H3,(H,26,28);6-9,11-12H,4-5,10H2,1-3H3,(H,23,25)/b;;8-7+,17-12+. The molecule has 5 aromatic carbocycles. The fraction of sp³-hybridized carbons (Fsp3) is 0.408. The van der Waals surface area contributed by atoms with E-state index in [1.165, 1.54) is 90.6 Å². The van der Waals surface area contributed by atoms with Crippen LogP contribution in [0.3, 0.4) is 0 Å². The number of phenolic OH excluding ortho intramolecular Hbond substituents is 1. The zero-order valence-corrected chi connectivity index (χ0v) is 49.7. The third-order valence-corrected chi connectivity index (χ3v) is 20.0. The van der Waals surface area contributed by atoms with E-state index in [0.29, 0.717) is 51.5 Å².